The number of ether oxygens (including phenoxy) is 10. The Morgan fingerprint density at radius 3 is 0.915 bits per heavy atom. The molecular weight excluding hydrogens is 1850 g/mol. The van der Waals surface area contributed by atoms with Crippen molar-refractivity contribution in [2.24, 2.45) is 0 Å². The van der Waals surface area contributed by atoms with Crippen molar-refractivity contribution >= 4 is 95.9 Å². The van der Waals surface area contributed by atoms with E-state index in [0.29, 0.717) is 42.9 Å². The average Bonchev–Trinajstić information content (AvgIpc) is 0.766. The minimum Gasteiger partial charge on any atom is -0.467 e. The van der Waals surface area contributed by atoms with Gasteiger partial charge in [0, 0.05) is 127 Å². The van der Waals surface area contributed by atoms with Crippen molar-refractivity contribution in [2.45, 2.75) is 181 Å². The van der Waals surface area contributed by atoms with Gasteiger partial charge in [0.1, 0.15) is 28.7 Å². The van der Waals surface area contributed by atoms with E-state index in [4.69, 9.17) is 47.4 Å². The second-order valence-corrected chi connectivity index (χ2v) is 43.8. The number of benzene rings is 14. The van der Waals surface area contributed by atoms with Gasteiger partial charge in [0.2, 0.25) is 0 Å². The van der Waals surface area contributed by atoms with E-state index in [1.165, 1.54) is 153 Å². The quantitative estimate of drug-likeness (QED) is 0.0182. The number of hydrogen-bond donors (Lipinski definition) is 5. The van der Waals surface area contributed by atoms with Crippen LogP contribution in [0.1, 0.15) is 160 Å². The molecule has 5 N–H and O–H groups in total. The van der Waals surface area contributed by atoms with Gasteiger partial charge in [0.25, 0.3) is 0 Å². The third kappa shape index (κ3) is 36.8. The van der Waals surface area contributed by atoms with Crippen molar-refractivity contribution in [1.82, 2.24) is 26.6 Å². The fraction of sp³-hybridized carbons (Fsp3) is 0.311. The molecule has 0 spiro atoms. The van der Waals surface area contributed by atoms with Gasteiger partial charge in [-0.05, 0) is 237 Å². The van der Waals surface area contributed by atoms with Crippen molar-refractivity contribution in [3.63, 3.8) is 0 Å². The van der Waals surface area contributed by atoms with Crippen molar-refractivity contribution in [3.05, 3.63) is 409 Å². The van der Waals surface area contributed by atoms with Crippen LogP contribution in [0.25, 0.3) is 0 Å². The molecule has 0 aromatic heterocycles. The number of methoxy groups -OCH3 is 5. The highest BCUT2D eigenvalue weighted by Crippen LogP contribution is 2.39. The smallest absolute Gasteiger partial charge is 0.188 e. The summed E-state index contributed by atoms with van der Waals surface area (Å²) in [7, 11) is 11.0. The first-order chi connectivity index (χ1) is 68.7. The zero-order valence-corrected chi connectivity index (χ0v) is 92.5. The van der Waals surface area contributed by atoms with Gasteiger partial charge in [-0.25, -0.2) is 0 Å². The number of para-hydroxylation sites is 2. The van der Waals surface area contributed by atoms with E-state index >= 15 is 0 Å². The van der Waals surface area contributed by atoms with Gasteiger partial charge in [-0.2, -0.15) is 0 Å². The summed E-state index contributed by atoms with van der Waals surface area (Å²) in [5.41, 5.74) is 26.0. The Labute approximate surface area is 858 Å². The van der Waals surface area contributed by atoms with Gasteiger partial charge in [0.05, 0.1) is 0 Å². The molecule has 14 aromatic rings. The second kappa shape index (κ2) is 60.6. The molecule has 142 heavy (non-hydrogen) atoms. The molecule has 750 valence electrons. The lowest BCUT2D eigenvalue weighted by atomic mass is 9.80. The van der Waals surface area contributed by atoms with Crippen LogP contribution in [0.2, 0.25) is 0 Å². The van der Waals surface area contributed by atoms with Crippen LogP contribution in [0.4, 0.5) is 0 Å². The molecule has 0 saturated heterocycles. The summed E-state index contributed by atoms with van der Waals surface area (Å²) < 4.78 is 55.3. The summed E-state index contributed by atoms with van der Waals surface area (Å²) in [4.78, 5) is 0. The standard InChI is InChI=1S/C26H40NO2P.C25H30NO2P.2C24H28NO2P.C23H26NO2P/c1-10-27-16-19-13-11-12-18(2)24(19)30-22-15-20(25(3,4)5)14-21(26(6,7)8)23(22)29-17-28-9;1-18-13-20(3)24(28-17-27-4)23(14-18)29-25-19(2)9-8-12-22(25)16-26-15-21-10-6-5-7-11-21;1-18-9-8-14-22(23(18)27-17-26-3)28-24-19(2)10-7-13-21(24)16-25-15-20-11-5-4-6-12-20;1-18-12-13-22(27-17-26-3)23(14-18)28-24-19(2)8-7-11-21(24)16-25-15-20-9-5-4-6-10-20;1-18-9-8-12-20(16-24-15-19-10-4-3-5-11-19)23(18)27-22-14-7-6-13-21(22)26-17-25-2/h11-15,27,30H,10,16-17H2,1-9H3;5-14,26,29H,15-17H2,1-4H3;2*4-14,25,28H,15-17H2,1-3H3;3-14,24,27H,15-17H2,1-2H3. The Bertz CT molecular complexity index is 6070. The molecule has 0 amide bonds. The highest BCUT2D eigenvalue weighted by Gasteiger charge is 2.28. The fourth-order valence-electron chi connectivity index (χ4n) is 16.2. The van der Waals surface area contributed by atoms with E-state index in [0.717, 1.165) is 105 Å². The van der Waals surface area contributed by atoms with E-state index in [-0.39, 0.29) is 44.8 Å². The maximum absolute atomic E-state index is 6.21. The van der Waals surface area contributed by atoms with Crippen LogP contribution in [0.5, 0.6) is 28.7 Å². The van der Waals surface area contributed by atoms with Gasteiger partial charge >= 0.3 is 0 Å². The first-order valence-electron chi connectivity index (χ1n) is 48.9. The summed E-state index contributed by atoms with van der Waals surface area (Å²) in [6, 6.07) is 105. The molecule has 0 aliphatic carbocycles. The molecule has 0 bridgehead atoms. The molecule has 0 heterocycles. The van der Waals surface area contributed by atoms with Gasteiger partial charge in [0.15, 0.2) is 34.0 Å². The lowest BCUT2D eigenvalue weighted by Gasteiger charge is -2.29. The van der Waals surface area contributed by atoms with Crippen LogP contribution in [0, 0.1) is 62.3 Å². The topological polar surface area (TPSA) is 152 Å². The monoisotopic (exact) mass is 2000 g/mol. The van der Waals surface area contributed by atoms with E-state index < -0.39 is 0 Å². The van der Waals surface area contributed by atoms with Gasteiger partial charge in [-0.1, -0.05) is 364 Å². The summed E-state index contributed by atoms with van der Waals surface area (Å²) in [6.45, 7) is 45.2. The fourth-order valence-corrected chi connectivity index (χ4v) is 23.4. The predicted octanol–water partition coefficient (Wildman–Crippen LogP) is 22.1. The predicted molar refractivity (Wildman–Crippen MR) is 610 cm³/mol. The normalized spacial score (nSPS) is 11.6. The Hall–Kier alpha value is -10.2. The summed E-state index contributed by atoms with van der Waals surface area (Å²) in [5.74, 6) is 4.66. The second-order valence-electron chi connectivity index (χ2n) is 37.4. The number of aryl methyl sites for hydroxylation is 9. The summed E-state index contributed by atoms with van der Waals surface area (Å²) in [6.07, 6.45) is 0. The molecule has 0 aliphatic rings. The van der Waals surface area contributed by atoms with Crippen molar-refractivity contribution < 1.29 is 47.4 Å². The zero-order valence-electron chi connectivity index (χ0n) is 87.5. The summed E-state index contributed by atoms with van der Waals surface area (Å²) in [5, 5.41) is 30.9. The van der Waals surface area contributed by atoms with Crippen molar-refractivity contribution in [1.29, 1.82) is 0 Å². The van der Waals surface area contributed by atoms with Gasteiger partial charge in [-0.3, -0.25) is 0 Å². The zero-order chi connectivity index (χ0) is 102. The molecule has 0 fully saturated rings. The first kappa shape index (κ1) is 114. The lowest BCUT2D eigenvalue weighted by Crippen LogP contribution is -2.25. The average molecular weight is 2000 g/mol. The maximum Gasteiger partial charge on any atom is 0.188 e. The van der Waals surface area contributed by atoms with Crippen LogP contribution in [0.15, 0.2) is 297 Å². The van der Waals surface area contributed by atoms with Crippen LogP contribution in [-0.4, -0.2) is 76.1 Å². The third-order valence-electron chi connectivity index (χ3n) is 23.7. The molecule has 5 atom stereocenters. The first-order valence-corrected chi connectivity index (χ1v) is 53.9. The van der Waals surface area contributed by atoms with Crippen molar-refractivity contribution in [2.75, 3.05) is 76.1 Å². The molecule has 15 nitrogen and oxygen atoms in total. The van der Waals surface area contributed by atoms with Crippen LogP contribution in [0.3, 0.4) is 0 Å². The maximum atomic E-state index is 6.21. The number of hydrogen-bond acceptors (Lipinski definition) is 15. The van der Waals surface area contributed by atoms with Crippen LogP contribution in [-0.2, 0) is 93.4 Å². The largest absolute Gasteiger partial charge is 0.467 e. The highest BCUT2D eigenvalue weighted by atomic mass is 31.1. The molecule has 20 heteroatoms. The molecular formula is C122H152N5O10P5. The third-order valence-corrected chi connectivity index (χ3v) is 31.8. The van der Waals surface area contributed by atoms with E-state index in [1.54, 1.807) is 35.5 Å². The molecule has 5 unspecified atom stereocenters. The van der Waals surface area contributed by atoms with E-state index in [2.05, 4.69) is 398 Å². The minimum absolute atomic E-state index is 0.0259. The number of rotatable bonds is 44. The highest BCUT2D eigenvalue weighted by molar-refractivity contribution is 7.57. The molecule has 0 radical (unpaired) electrons. The summed E-state index contributed by atoms with van der Waals surface area (Å²) >= 11 is 0. The van der Waals surface area contributed by atoms with Crippen LogP contribution < -0.4 is 103 Å². The Morgan fingerprint density at radius 2 is 0.535 bits per heavy atom. The number of nitrogens with one attached hydrogen (secondary N) is 5. The molecule has 14 rings (SSSR count). The van der Waals surface area contributed by atoms with Gasteiger partial charge in [-0.15, -0.1) is 0 Å². The Kier molecular flexibility index (Phi) is 48.5. The lowest BCUT2D eigenvalue weighted by molar-refractivity contribution is 0.0505. The van der Waals surface area contributed by atoms with Gasteiger partial charge < -0.3 is 74.0 Å². The van der Waals surface area contributed by atoms with E-state index in [1.807, 2.05) is 36.4 Å². The van der Waals surface area contributed by atoms with Crippen LogP contribution >= 0.6 is 42.9 Å². The molecule has 14 aromatic carbocycles. The van der Waals surface area contributed by atoms with Crippen molar-refractivity contribution in [3.8, 4) is 28.7 Å². The molecule has 0 aliphatic heterocycles. The SMILES string of the molecule is CCNCc1cccc(C)c1Pc1cc(C(C)(C)C)cc(C(C)(C)C)c1OCOC.COCOc1c(C)cc(C)cc1Pc1c(C)cccc1CNCc1ccccc1.COCOc1c(C)cccc1Pc1c(C)cccc1CNCc1ccccc1.COCOc1ccc(C)cc1Pc1c(C)cccc1CNCc1ccccc1.COCOc1ccccc1Pc1c(C)cccc1CNCc1ccccc1. The molecule has 0 saturated carbocycles. The Balaban J connectivity index is 0.000000183. The van der Waals surface area contributed by atoms with E-state index in [9.17, 15) is 0 Å². The minimum atomic E-state index is -0.0259. The Morgan fingerprint density at radius 1 is 0.232 bits per heavy atom.